The molecule has 0 saturated heterocycles. The molecule has 148 valence electrons. The number of amides is 2. The molecule has 2 N–H and O–H groups in total. The van der Waals surface area contributed by atoms with Gasteiger partial charge in [0.25, 0.3) is 0 Å². The van der Waals surface area contributed by atoms with Crippen LogP contribution >= 0.6 is 11.8 Å². The van der Waals surface area contributed by atoms with Gasteiger partial charge in [-0.1, -0.05) is 37.6 Å². The summed E-state index contributed by atoms with van der Waals surface area (Å²) in [5, 5.41) is 5.44. The summed E-state index contributed by atoms with van der Waals surface area (Å²) >= 11 is 1.44. The first-order chi connectivity index (χ1) is 13.6. The molecule has 3 rings (SSSR count). The van der Waals surface area contributed by atoms with Crippen LogP contribution in [-0.2, 0) is 9.59 Å². The fourth-order valence-corrected chi connectivity index (χ4v) is 4.08. The van der Waals surface area contributed by atoms with Crippen molar-refractivity contribution in [3.05, 3.63) is 54.1 Å². The summed E-state index contributed by atoms with van der Waals surface area (Å²) in [5.74, 6) is 0.576. The fraction of sp³-hybridized carbons (Fsp3) is 0.364. The molecule has 0 radical (unpaired) electrons. The summed E-state index contributed by atoms with van der Waals surface area (Å²) in [6.07, 6.45) is 2.28. The Bertz CT molecular complexity index is 823. The highest BCUT2D eigenvalue weighted by Crippen LogP contribution is 2.36. The zero-order chi connectivity index (χ0) is 19.9. The number of hydrogen-bond acceptors (Lipinski definition) is 4. The second kappa shape index (κ2) is 9.64. The summed E-state index contributed by atoms with van der Waals surface area (Å²) in [6.45, 7) is 4.78. The zero-order valence-electron chi connectivity index (χ0n) is 16.2. The number of benzene rings is 2. The van der Waals surface area contributed by atoms with Gasteiger partial charge in [-0.15, -0.1) is 11.8 Å². The van der Waals surface area contributed by atoms with Crippen LogP contribution in [0.15, 0.2) is 53.4 Å². The molecule has 5 nitrogen and oxygen atoms in total. The van der Waals surface area contributed by atoms with Crippen LogP contribution in [0.4, 0.5) is 5.69 Å². The highest BCUT2D eigenvalue weighted by molar-refractivity contribution is 8.01. The minimum atomic E-state index is -0.420. The number of para-hydroxylation sites is 1. The van der Waals surface area contributed by atoms with E-state index in [1.165, 1.54) is 11.8 Å². The van der Waals surface area contributed by atoms with Crippen LogP contribution in [0.1, 0.15) is 44.7 Å². The molecule has 0 unspecified atom stereocenters. The van der Waals surface area contributed by atoms with Crippen molar-refractivity contribution in [3.63, 3.8) is 0 Å². The number of ether oxygens (including phenoxy) is 1. The Morgan fingerprint density at radius 1 is 1.21 bits per heavy atom. The van der Waals surface area contributed by atoms with Gasteiger partial charge in [0, 0.05) is 11.3 Å². The van der Waals surface area contributed by atoms with E-state index in [0.29, 0.717) is 6.61 Å². The van der Waals surface area contributed by atoms with Gasteiger partial charge in [-0.25, -0.2) is 0 Å². The quantitative estimate of drug-likeness (QED) is 0.641. The molecule has 1 heterocycles. The predicted molar refractivity (Wildman–Crippen MR) is 113 cm³/mol. The molecule has 0 spiro atoms. The number of carbonyl (C=O) groups is 2. The Balaban J connectivity index is 1.52. The molecule has 6 heteroatoms. The van der Waals surface area contributed by atoms with Crippen molar-refractivity contribution in [1.82, 2.24) is 5.32 Å². The Morgan fingerprint density at radius 3 is 2.71 bits per heavy atom. The number of unbranched alkanes of at least 4 members (excludes halogenated alkanes) is 1. The van der Waals surface area contributed by atoms with Gasteiger partial charge in [-0.2, -0.15) is 0 Å². The normalized spacial score (nSPS) is 16.6. The molecule has 2 aromatic carbocycles. The summed E-state index contributed by atoms with van der Waals surface area (Å²) < 4.78 is 5.67. The lowest BCUT2D eigenvalue weighted by molar-refractivity contribution is -0.124. The van der Waals surface area contributed by atoms with Crippen molar-refractivity contribution in [1.29, 1.82) is 0 Å². The number of anilines is 1. The lowest BCUT2D eigenvalue weighted by Crippen LogP contribution is -2.35. The van der Waals surface area contributed by atoms with Crippen LogP contribution in [0.5, 0.6) is 5.75 Å². The molecule has 2 amide bonds. The first kappa shape index (κ1) is 20.3. The fourth-order valence-electron chi connectivity index (χ4n) is 2.97. The number of rotatable bonds is 8. The topological polar surface area (TPSA) is 67.4 Å². The number of fused-ring (bicyclic) bond motifs is 1. The van der Waals surface area contributed by atoms with Crippen LogP contribution in [0.25, 0.3) is 0 Å². The molecular formula is C22H26N2O3S. The van der Waals surface area contributed by atoms with E-state index in [4.69, 9.17) is 4.74 Å². The molecule has 28 heavy (non-hydrogen) atoms. The zero-order valence-corrected chi connectivity index (χ0v) is 17.1. The second-order valence-electron chi connectivity index (χ2n) is 6.86. The van der Waals surface area contributed by atoms with Crippen LogP contribution in [0, 0.1) is 0 Å². The molecule has 2 aromatic rings. The van der Waals surface area contributed by atoms with E-state index in [1.54, 1.807) is 0 Å². The molecule has 0 aromatic heterocycles. The molecule has 2 atom stereocenters. The number of nitrogens with one attached hydrogen (secondary N) is 2. The van der Waals surface area contributed by atoms with Gasteiger partial charge < -0.3 is 15.4 Å². The highest BCUT2D eigenvalue weighted by atomic mass is 32.2. The molecule has 1 aliphatic heterocycles. The third-order valence-electron chi connectivity index (χ3n) is 4.60. The van der Waals surface area contributed by atoms with Crippen molar-refractivity contribution in [2.45, 2.75) is 49.3 Å². The summed E-state index contributed by atoms with van der Waals surface area (Å²) in [5.41, 5.74) is 1.81. The number of thioether (sulfide) groups is 1. The van der Waals surface area contributed by atoms with E-state index in [9.17, 15) is 9.59 Å². The Kier molecular flexibility index (Phi) is 6.98. The lowest BCUT2D eigenvalue weighted by Gasteiger charge is -2.24. The van der Waals surface area contributed by atoms with E-state index in [2.05, 4.69) is 17.6 Å². The van der Waals surface area contributed by atoms with Crippen molar-refractivity contribution < 1.29 is 14.3 Å². The summed E-state index contributed by atoms with van der Waals surface area (Å²) in [6, 6.07) is 15.3. The number of hydrogen-bond donors (Lipinski definition) is 2. The van der Waals surface area contributed by atoms with Gasteiger partial charge in [-0.3, -0.25) is 9.59 Å². The molecule has 0 bridgehead atoms. The van der Waals surface area contributed by atoms with Gasteiger partial charge >= 0.3 is 0 Å². The smallest absolute Gasteiger partial charge is 0.238 e. The van der Waals surface area contributed by atoms with Crippen molar-refractivity contribution >= 4 is 29.3 Å². The Morgan fingerprint density at radius 2 is 1.96 bits per heavy atom. The average molecular weight is 399 g/mol. The maximum Gasteiger partial charge on any atom is 0.238 e. The summed E-state index contributed by atoms with van der Waals surface area (Å²) in [4.78, 5) is 25.7. The lowest BCUT2D eigenvalue weighted by atomic mass is 10.1. The third kappa shape index (κ3) is 5.29. The van der Waals surface area contributed by atoms with Crippen LogP contribution in [-0.4, -0.2) is 23.7 Å². The minimum absolute atomic E-state index is 0.125. The largest absolute Gasteiger partial charge is 0.494 e. The van der Waals surface area contributed by atoms with Crippen LogP contribution in [0.2, 0.25) is 0 Å². The first-order valence-electron chi connectivity index (χ1n) is 9.65. The average Bonchev–Trinajstić information content (AvgIpc) is 2.69. The van der Waals surface area contributed by atoms with Gasteiger partial charge in [0.1, 0.15) is 5.75 Å². The standard InChI is InChI=1S/C22H26N2O3S/c1-3-4-13-27-17-11-9-16(10-12-17)15(2)23-21(25)14-20-22(26)24-18-7-5-6-8-19(18)28-20/h5-12,15,20H,3-4,13-14H2,1-2H3,(H,23,25)(H,24,26)/t15-,20-/m0/s1. The first-order valence-corrected chi connectivity index (χ1v) is 10.5. The second-order valence-corrected chi connectivity index (χ2v) is 8.10. The van der Waals surface area contributed by atoms with Gasteiger partial charge in [0.05, 0.1) is 23.6 Å². The van der Waals surface area contributed by atoms with Crippen LogP contribution < -0.4 is 15.4 Å². The van der Waals surface area contributed by atoms with E-state index in [1.807, 2.05) is 55.5 Å². The van der Waals surface area contributed by atoms with Crippen molar-refractivity contribution in [2.24, 2.45) is 0 Å². The maximum absolute atomic E-state index is 12.5. The van der Waals surface area contributed by atoms with E-state index < -0.39 is 5.25 Å². The third-order valence-corrected chi connectivity index (χ3v) is 5.88. The minimum Gasteiger partial charge on any atom is -0.494 e. The van der Waals surface area contributed by atoms with E-state index in [0.717, 1.165) is 34.7 Å². The van der Waals surface area contributed by atoms with E-state index in [-0.39, 0.29) is 24.3 Å². The molecular weight excluding hydrogens is 372 g/mol. The monoisotopic (exact) mass is 398 g/mol. The van der Waals surface area contributed by atoms with Gasteiger partial charge in [-0.05, 0) is 43.2 Å². The Labute approximate surface area is 170 Å². The van der Waals surface area contributed by atoms with Gasteiger partial charge in [0.15, 0.2) is 0 Å². The van der Waals surface area contributed by atoms with E-state index >= 15 is 0 Å². The van der Waals surface area contributed by atoms with Crippen LogP contribution in [0.3, 0.4) is 0 Å². The van der Waals surface area contributed by atoms with Crippen molar-refractivity contribution in [2.75, 3.05) is 11.9 Å². The Hall–Kier alpha value is -2.47. The summed E-state index contributed by atoms with van der Waals surface area (Å²) in [7, 11) is 0. The SMILES string of the molecule is CCCCOc1ccc([C@H](C)NC(=O)C[C@@H]2Sc3ccccc3NC2=O)cc1. The molecule has 0 aliphatic carbocycles. The molecule has 0 saturated carbocycles. The maximum atomic E-state index is 12.5. The number of carbonyl (C=O) groups excluding carboxylic acids is 2. The van der Waals surface area contributed by atoms with Crippen molar-refractivity contribution in [3.8, 4) is 5.75 Å². The highest BCUT2D eigenvalue weighted by Gasteiger charge is 2.29. The predicted octanol–water partition coefficient (Wildman–Crippen LogP) is 4.55. The van der Waals surface area contributed by atoms with Gasteiger partial charge in [0.2, 0.25) is 11.8 Å². The molecule has 0 fully saturated rings. The molecule has 1 aliphatic rings.